The zero-order chi connectivity index (χ0) is 14.8. The molecule has 6 heteroatoms. The highest BCUT2D eigenvalue weighted by Crippen LogP contribution is 2.30. The van der Waals surface area contributed by atoms with Gasteiger partial charge in [0.25, 0.3) is 0 Å². The number of carboxylic acid groups (broad SMARTS) is 1. The average Bonchev–Trinajstić information content (AvgIpc) is 2.95. The number of anilines is 1. The number of hydrogen-bond acceptors (Lipinski definition) is 4. The van der Waals surface area contributed by atoms with Gasteiger partial charge in [-0.1, -0.05) is 23.4 Å². The van der Waals surface area contributed by atoms with Crippen LogP contribution in [0.1, 0.15) is 29.4 Å². The lowest BCUT2D eigenvalue weighted by atomic mass is 9.97. The van der Waals surface area contributed by atoms with Crippen LogP contribution >= 0.6 is 0 Å². The number of carbonyl (C=O) groups is 1. The van der Waals surface area contributed by atoms with E-state index in [1.807, 2.05) is 0 Å². The van der Waals surface area contributed by atoms with Crippen molar-refractivity contribution >= 4 is 11.7 Å². The summed E-state index contributed by atoms with van der Waals surface area (Å²) >= 11 is 0. The fourth-order valence-corrected chi connectivity index (χ4v) is 2.82. The number of para-hydroxylation sites is 1. The number of aromatic nitrogens is 3. The summed E-state index contributed by atoms with van der Waals surface area (Å²) in [5, 5.41) is 16.4. The maximum atomic E-state index is 10.8. The van der Waals surface area contributed by atoms with Gasteiger partial charge in [0.1, 0.15) is 0 Å². The number of aryl methyl sites for hydroxylation is 1. The first-order valence-corrected chi connectivity index (χ1v) is 7.13. The van der Waals surface area contributed by atoms with Crippen LogP contribution in [0.15, 0.2) is 30.5 Å². The summed E-state index contributed by atoms with van der Waals surface area (Å²) in [4.78, 5) is 13.2. The van der Waals surface area contributed by atoms with Crippen molar-refractivity contribution in [1.29, 1.82) is 0 Å². The molecule has 2 heterocycles. The first kappa shape index (κ1) is 13.6. The molecule has 110 valence electrons. The lowest BCUT2D eigenvalue weighted by Crippen LogP contribution is -2.39. The maximum Gasteiger partial charge on any atom is 0.358 e. The molecule has 1 aromatic carbocycles. The van der Waals surface area contributed by atoms with Crippen LogP contribution in [-0.2, 0) is 13.0 Å². The Bertz CT molecular complexity index is 653. The lowest BCUT2D eigenvalue weighted by molar-refractivity contribution is 0.0690. The molecule has 3 rings (SSSR count). The minimum atomic E-state index is -1.04. The van der Waals surface area contributed by atoms with E-state index in [1.165, 1.54) is 17.4 Å². The molecule has 0 spiro atoms. The Morgan fingerprint density at radius 3 is 2.95 bits per heavy atom. The van der Waals surface area contributed by atoms with Gasteiger partial charge in [-0.25, -0.2) is 9.48 Å². The predicted octanol–water partition coefficient (Wildman–Crippen LogP) is 1.82. The molecule has 1 aliphatic rings. The van der Waals surface area contributed by atoms with Gasteiger partial charge in [-0.05, 0) is 31.4 Å². The minimum absolute atomic E-state index is 0.0120. The molecule has 1 aliphatic heterocycles. The fraction of sp³-hybridized carbons (Fsp3) is 0.400. The van der Waals surface area contributed by atoms with E-state index < -0.39 is 5.97 Å². The largest absolute Gasteiger partial charge is 0.476 e. The van der Waals surface area contributed by atoms with Gasteiger partial charge in [0, 0.05) is 18.3 Å². The van der Waals surface area contributed by atoms with Crippen LogP contribution in [0.5, 0.6) is 0 Å². The predicted molar refractivity (Wildman–Crippen MR) is 78.6 cm³/mol. The molecule has 1 atom stereocenters. The molecule has 1 N–H and O–H groups in total. The van der Waals surface area contributed by atoms with Crippen LogP contribution in [0.3, 0.4) is 0 Å². The van der Waals surface area contributed by atoms with E-state index >= 15 is 0 Å². The molecule has 6 nitrogen and oxygen atoms in total. The molecule has 0 bridgehead atoms. The number of benzene rings is 1. The normalized spacial score (nSPS) is 17.6. The number of aromatic carboxylic acids is 1. The summed E-state index contributed by atoms with van der Waals surface area (Å²) in [7, 11) is 0. The monoisotopic (exact) mass is 286 g/mol. The van der Waals surface area contributed by atoms with E-state index in [4.69, 9.17) is 5.11 Å². The number of fused-ring (bicyclic) bond motifs is 1. The Morgan fingerprint density at radius 1 is 1.38 bits per heavy atom. The molecule has 2 aromatic rings. The molecular formula is C15H18N4O2. The van der Waals surface area contributed by atoms with Gasteiger partial charge >= 0.3 is 5.97 Å². The van der Waals surface area contributed by atoms with Gasteiger partial charge in [0.15, 0.2) is 5.69 Å². The Morgan fingerprint density at radius 2 is 2.19 bits per heavy atom. The first-order chi connectivity index (χ1) is 10.1. The Labute approximate surface area is 123 Å². The van der Waals surface area contributed by atoms with Crippen molar-refractivity contribution in [2.24, 2.45) is 0 Å². The van der Waals surface area contributed by atoms with Crippen molar-refractivity contribution in [1.82, 2.24) is 15.0 Å². The van der Waals surface area contributed by atoms with Crippen molar-refractivity contribution in [3.05, 3.63) is 41.7 Å². The van der Waals surface area contributed by atoms with Crippen molar-refractivity contribution in [2.45, 2.75) is 32.4 Å². The van der Waals surface area contributed by atoms with E-state index in [2.05, 4.69) is 46.4 Å². The highest BCUT2D eigenvalue weighted by molar-refractivity contribution is 5.84. The highest BCUT2D eigenvalue weighted by Gasteiger charge is 2.22. The molecule has 0 radical (unpaired) electrons. The van der Waals surface area contributed by atoms with Crippen molar-refractivity contribution in [3.63, 3.8) is 0 Å². The minimum Gasteiger partial charge on any atom is -0.476 e. The summed E-state index contributed by atoms with van der Waals surface area (Å²) in [6, 6.07) is 8.93. The quantitative estimate of drug-likeness (QED) is 0.928. The lowest BCUT2D eigenvalue weighted by Gasteiger charge is -2.37. The smallest absolute Gasteiger partial charge is 0.358 e. The molecule has 1 aromatic heterocycles. The van der Waals surface area contributed by atoms with Gasteiger partial charge in [0.2, 0.25) is 0 Å². The molecule has 0 saturated carbocycles. The number of nitrogens with zero attached hydrogens (tertiary/aromatic N) is 4. The topological polar surface area (TPSA) is 71.2 Å². The molecule has 0 amide bonds. The Balaban J connectivity index is 1.73. The summed E-state index contributed by atoms with van der Waals surface area (Å²) in [6.07, 6.45) is 3.72. The van der Waals surface area contributed by atoms with Gasteiger partial charge in [-0.2, -0.15) is 0 Å². The van der Waals surface area contributed by atoms with Gasteiger partial charge in [-0.3, -0.25) is 0 Å². The maximum absolute atomic E-state index is 10.8. The van der Waals surface area contributed by atoms with Crippen molar-refractivity contribution < 1.29 is 9.90 Å². The van der Waals surface area contributed by atoms with Gasteiger partial charge in [-0.15, -0.1) is 5.10 Å². The number of hydrogen-bond donors (Lipinski definition) is 1. The molecular weight excluding hydrogens is 268 g/mol. The second-order valence-corrected chi connectivity index (χ2v) is 5.38. The van der Waals surface area contributed by atoms with E-state index in [0.29, 0.717) is 12.6 Å². The third kappa shape index (κ3) is 2.74. The second kappa shape index (κ2) is 5.55. The molecule has 0 fully saturated rings. The van der Waals surface area contributed by atoms with Crippen LogP contribution in [0.25, 0.3) is 0 Å². The van der Waals surface area contributed by atoms with Crippen LogP contribution < -0.4 is 4.90 Å². The number of rotatable bonds is 4. The van der Waals surface area contributed by atoms with E-state index in [9.17, 15) is 4.79 Å². The first-order valence-electron chi connectivity index (χ1n) is 7.13. The molecule has 1 unspecified atom stereocenters. The van der Waals surface area contributed by atoms with Gasteiger partial charge < -0.3 is 10.0 Å². The Hall–Kier alpha value is -2.37. The van der Waals surface area contributed by atoms with E-state index in [0.717, 1.165) is 19.4 Å². The summed E-state index contributed by atoms with van der Waals surface area (Å²) < 4.78 is 1.59. The van der Waals surface area contributed by atoms with Crippen LogP contribution in [0.4, 0.5) is 5.69 Å². The standard InChI is InChI=1S/C15H18N4O2/c1-11-6-7-12-4-2-3-5-14(12)19(11)9-8-18-10-13(15(20)21)16-17-18/h2-5,10-11H,6-9H2,1H3,(H,20,21). The van der Waals surface area contributed by atoms with Crippen LogP contribution in [-0.4, -0.2) is 38.7 Å². The Kier molecular flexibility index (Phi) is 3.60. The highest BCUT2D eigenvalue weighted by atomic mass is 16.4. The molecule has 0 saturated heterocycles. The summed E-state index contributed by atoms with van der Waals surface area (Å²) in [5.74, 6) is -1.04. The molecule has 0 aliphatic carbocycles. The zero-order valence-electron chi connectivity index (χ0n) is 11.9. The number of carboxylic acids is 1. The second-order valence-electron chi connectivity index (χ2n) is 5.38. The molecule has 21 heavy (non-hydrogen) atoms. The third-order valence-electron chi connectivity index (χ3n) is 3.99. The van der Waals surface area contributed by atoms with Crippen LogP contribution in [0.2, 0.25) is 0 Å². The van der Waals surface area contributed by atoms with E-state index in [1.54, 1.807) is 4.68 Å². The average molecular weight is 286 g/mol. The zero-order valence-corrected chi connectivity index (χ0v) is 11.9. The van der Waals surface area contributed by atoms with Crippen LogP contribution in [0, 0.1) is 0 Å². The third-order valence-corrected chi connectivity index (χ3v) is 3.99. The van der Waals surface area contributed by atoms with Gasteiger partial charge in [0.05, 0.1) is 12.7 Å². The van der Waals surface area contributed by atoms with Crippen molar-refractivity contribution in [2.75, 3.05) is 11.4 Å². The fourth-order valence-electron chi connectivity index (χ4n) is 2.82. The van der Waals surface area contributed by atoms with E-state index in [-0.39, 0.29) is 5.69 Å². The SMILES string of the molecule is CC1CCc2ccccc2N1CCn1cc(C(=O)O)nn1. The summed E-state index contributed by atoms with van der Waals surface area (Å²) in [6.45, 7) is 3.64. The summed E-state index contributed by atoms with van der Waals surface area (Å²) in [5.41, 5.74) is 2.64. The van der Waals surface area contributed by atoms with Crippen molar-refractivity contribution in [3.8, 4) is 0 Å².